The number of thioether (sulfide) groups is 2. The van der Waals surface area contributed by atoms with E-state index in [2.05, 4.69) is 31.2 Å². The molecule has 0 bridgehead atoms. The standard InChI is InChI=1S/C18H18ClN3O4S2.C18H18FN3O4S2/c2*1-27-16-13(15(24)25)21-18(28-16)22-17(26)20-12-7-6-10(19)8-11(12)14(23)9-4-2-3-5-9/h2*6-9H,2-5H2,1H3,(H,24,25)(H2,20,21,22,26). The fourth-order valence-corrected chi connectivity index (χ4v) is 9.58. The molecule has 6 rings (SSSR count). The Morgan fingerprint density at radius 3 is 1.48 bits per heavy atom. The zero-order chi connectivity index (χ0) is 40.5. The van der Waals surface area contributed by atoms with Crippen molar-refractivity contribution in [1.29, 1.82) is 0 Å². The van der Waals surface area contributed by atoms with Gasteiger partial charge in [0.2, 0.25) is 0 Å². The van der Waals surface area contributed by atoms with Gasteiger partial charge in [0.05, 0.1) is 19.8 Å². The van der Waals surface area contributed by atoms with Gasteiger partial charge in [-0.1, -0.05) is 60.0 Å². The summed E-state index contributed by atoms with van der Waals surface area (Å²) in [6, 6.07) is 7.09. The Hall–Kier alpha value is -4.56. The van der Waals surface area contributed by atoms with E-state index in [1.807, 2.05) is 0 Å². The molecule has 14 nitrogen and oxygen atoms in total. The van der Waals surface area contributed by atoms with Gasteiger partial charge in [-0.05, 0) is 74.6 Å². The highest BCUT2D eigenvalue weighted by atomic mass is 35.5. The molecule has 296 valence electrons. The molecule has 2 saturated carbocycles. The summed E-state index contributed by atoms with van der Waals surface area (Å²) in [5.41, 5.74) is 0.847. The van der Waals surface area contributed by atoms with Gasteiger partial charge < -0.3 is 20.8 Å². The van der Waals surface area contributed by atoms with Crippen LogP contribution in [-0.2, 0) is 0 Å². The molecule has 56 heavy (non-hydrogen) atoms. The molecule has 2 aromatic carbocycles. The smallest absolute Gasteiger partial charge is 0.356 e. The van der Waals surface area contributed by atoms with Crippen LogP contribution in [-0.4, -0.2) is 68.3 Å². The van der Waals surface area contributed by atoms with Crippen LogP contribution < -0.4 is 21.3 Å². The van der Waals surface area contributed by atoms with Gasteiger partial charge >= 0.3 is 24.0 Å². The number of nitrogens with zero attached hydrogens (tertiary/aromatic N) is 2. The summed E-state index contributed by atoms with van der Waals surface area (Å²) in [5.74, 6) is -3.31. The average molecular weight is 863 g/mol. The van der Waals surface area contributed by atoms with Gasteiger partial charge in [-0.15, -0.1) is 23.5 Å². The minimum Gasteiger partial charge on any atom is -0.476 e. The molecule has 2 aliphatic rings. The summed E-state index contributed by atoms with van der Waals surface area (Å²) in [5, 5.41) is 29.2. The van der Waals surface area contributed by atoms with Crippen LogP contribution >= 0.6 is 57.8 Å². The third kappa shape index (κ3) is 10.8. The van der Waals surface area contributed by atoms with Crippen molar-refractivity contribution < 1.29 is 43.4 Å². The number of anilines is 4. The van der Waals surface area contributed by atoms with E-state index in [1.165, 1.54) is 35.7 Å². The Morgan fingerprint density at radius 2 is 1.09 bits per heavy atom. The fourth-order valence-electron chi connectivity index (χ4n) is 6.24. The molecule has 0 aliphatic heterocycles. The summed E-state index contributed by atoms with van der Waals surface area (Å²) >= 11 is 10.6. The number of urea groups is 2. The monoisotopic (exact) mass is 862 g/mol. The lowest BCUT2D eigenvalue weighted by Gasteiger charge is -2.14. The lowest BCUT2D eigenvalue weighted by atomic mass is 9.95. The van der Waals surface area contributed by atoms with Gasteiger partial charge in [-0.3, -0.25) is 20.2 Å². The van der Waals surface area contributed by atoms with Gasteiger partial charge in [0.15, 0.2) is 33.2 Å². The number of carbonyl (C=O) groups excluding carboxylic acids is 4. The topological polar surface area (TPSA) is 217 Å². The summed E-state index contributed by atoms with van der Waals surface area (Å²) in [6.07, 6.45) is 10.6. The maximum Gasteiger partial charge on any atom is 0.356 e. The van der Waals surface area contributed by atoms with Crippen LogP contribution in [0.25, 0.3) is 0 Å². The van der Waals surface area contributed by atoms with Crippen molar-refractivity contribution in [2.24, 2.45) is 11.8 Å². The highest BCUT2D eigenvalue weighted by Gasteiger charge is 2.28. The van der Waals surface area contributed by atoms with E-state index in [0.717, 1.165) is 80.1 Å². The molecule has 0 saturated heterocycles. The molecule has 2 aliphatic carbocycles. The molecular weight excluding hydrogens is 827 g/mol. The van der Waals surface area contributed by atoms with Crippen molar-refractivity contribution >= 4 is 115 Å². The molecule has 0 radical (unpaired) electrons. The number of carbonyl (C=O) groups is 6. The second-order valence-corrected chi connectivity index (χ2v) is 17.1. The molecule has 4 amide bonds. The van der Waals surface area contributed by atoms with E-state index in [4.69, 9.17) is 21.8 Å². The largest absolute Gasteiger partial charge is 0.476 e. The maximum atomic E-state index is 13.7. The summed E-state index contributed by atoms with van der Waals surface area (Å²) in [6.45, 7) is 0. The molecule has 0 spiro atoms. The van der Waals surface area contributed by atoms with Gasteiger partial charge in [0.1, 0.15) is 5.82 Å². The van der Waals surface area contributed by atoms with Crippen LogP contribution in [0.5, 0.6) is 0 Å². The van der Waals surface area contributed by atoms with Crippen molar-refractivity contribution in [3.63, 3.8) is 0 Å². The second kappa shape index (κ2) is 19.5. The lowest BCUT2D eigenvalue weighted by Crippen LogP contribution is -2.22. The van der Waals surface area contributed by atoms with Gasteiger partial charge in [0, 0.05) is 28.0 Å². The Morgan fingerprint density at radius 1 is 0.679 bits per heavy atom. The first-order valence-corrected chi connectivity index (χ1v) is 21.6. The predicted octanol–water partition coefficient (Wildman–Crippen LogP) is 9.95. The number of ketones is 2. The molecule has 6 N–H and O–H groups in total. The number of Topliss-reactive ketones (excluding diaryl/α,β-unsaturated/α-hetero) is 2. The zero-order valence-corrected chi connectivity index (χ0v) is 33.9. The van der Waals surface area contributed by atoms with Crippen molar-refractivity contribution in [2.45, 2.75) is 59.8 Å². The SMILES string of the molecule is CSc1sc(NC(=O)Nc2ccc(Cl)cc2C(=O)C2CCCC2)nc1C(=O)O.CSc1sc(NC(=O)Nc2ccc(F)cc2C(=O)C2CCCC2)nc1C(=O)O. The summed E-state index contributed by atoms with van der Waals surface area (Å²) in [4.78, 5) is 80.4. The zero-order valence-electron chi connectivity index (χ0n) is 29.9. The van der Waals surface area contributed by atoms with Crippen LogP contribution in [0.2, 0.25) is 5.02 Å². The Labute approximate surface area is 341 Å². The number of halogens is 2. The number of hydrogen-bond donors (Lipinski definition) is 6. The Bertz CT molecular complexity index is 2000. The third-order valence-electron chi connectivity index (χ3n) is 8.85. The van der Waals surface area contributed by atoms with E-state index in [1.54, 1.807) is 30.7 Å². The first-order chi connectivity index (χ1) is 26.8. The fraction of sp³-hybridized carbons (Fsp3) is 0.333. The Kier molecular flexibility index (Phi) is 14.9. The molecule has 0 unspecified atom stereocenters. The maximum absolute atomic E-state index is 13.7. The number of aromatic carboxylic acids is 2. The van der Waals surface area contributed by atoms with Crippen LogP contribution in [0, 0.1) is 17.7 Å². The summed E-state index contributed by atoms with van der Waals surface area (Å²) < 4.78 is 14.6. The van der Waals surface area contributed by atoms with E-state index >= 15 is 0 Å². The van der Waals surface area contributed by atoms with E-state index < -0.39 is 29.8 Å². The minimum absolute atomic E-state index is 0.0256. The lowest BCUT2D eigenvalue weighted by molar-refractivity contribution is 0.0677. The normalized spacial score (nSPS) is 14.1. The van der Waals surface area contributed by atoms with E-state index in [-0.39, 0.29) is 56.3 Å². The van der Waals surface area contributed by atoms with Crippen LogP contribution in [0.1, 0.15) is 93.1 Å². The van der Waals surface area contributed by atoms with Crippen molar-refractivity contribution in [3.8, 4) is 0 Å². The number of benzene rings is 2. The minimum atomic E-state index is -1.18. The Balaban J connectivity index is 0.000000214. The molecule has 4 aromatic rings. The number of nitrogens with one attached hydrogen (secondary N) is 4. The van der Waals surface area contributed by atoms with Crippen molar-refractivity contribution in [3.05, 3.63) is 69.8 Å². The quantitative estimate of drug-likeness (QED) is 0.0579. The highest BCUT2D eigenvalue weighted by molar-refractivity contribution is 8.00. The molecule has 20 heteroatoms. The number of rotatable bonds is 12. The van der Waals surface area contributed by atoms with Gasteiger partial charge in [-0.2, -0.15) is 0 Å². The number of aromatic nitrogens is 2. The average Bonchev–Trinajstić information content (AvgIpc) is 4.00. The first-order valence-electron chi connectivity index (χ1n) is 17.2. The van der Waals surface area contributed by atoms with Crippen LogP contribution in [0.4, 0.5) is 35.6 Å². The van der Waals surface area contributed by atoms with Crippen LogP contribution in [0.3, 0.4) is 0 Å². The highest BCUT2D eigenvalue weighted by Crippen LogP contribution is 2.35. The molecule has 2 heterocycles. The van der Waals surface area contributed by atoms with Gasteiger partial charge in [0.25, 0.3) is 0 Å². The molecule has 0 atom stereocenters. The number of thiazole rings is 2. The van der Waals surface area contributed by atoms with E-state index in [0.29, 0.717) is 24.7 Å². The van der Waals surface area contributed by atoms with Crippen LogP contribution in [0.15, 0.2) is 44.8 Å². The number of amides is 4. The predicted molar refractivity (Wildman–Crippen MR) is 217 cm³/mol. The number of hydrogen-bond acceptors (Lipinski definition) is 12. The summed E-state index contributed by atoms with van der Waals surface area (Å²) in [7, 11) is 0. The number of carboxylic acids is 2. The van der Waals surface area contributed by atoms with Crippen molar-refractivity contribution in [2.75, 3.05) is 33.8 Å². The first kappa shape index (κ1) is 42.6. The second-order valence-electron chi connectivity index (χ2n) is 12.6. The molecule has 2 fully saturated rings. The van der Waals surface area contributed by atoms with E-state index in [9.17, 15) is 33.2 Å². The molecule has 2 aromatic heterocycles. The number of carboxylic acid groups (broad SMARTS) is 2. The third-order valence-corrected chi connectivity index (χ3v) is 13.2. The van der Waals surface area contributed by atoms with Crippen molar-refractivity contribution in [1.82, 2.24) is 9.97 Å². The van der Waals surface area contributed by atoms with Gasteiger partial charge in [-0.25, -0.2) is 33.5 Å². The molecular formula is C36H36ClFN6O8S4.